The molecule has 0 saturated heterocycles. The molecular weight excluding hydrogens is 259 g/mol. The van der Waals surface area contributed by atoms with Gasteiger partial charge in [-0.15, -0.1) is 0 Å². The number of aliphatic hydroxyl groups excluding tert-OH is 1. The van der Waals surface area contributed by atoms with Crippen LogP contribution in [0.4, 0.5) is 0 Å². The molecule has 0 radical (unpaired) electrons. The maximum atomic E-state index is 10.9. The van der Waals surface area contributed by atoms with Gasteiger partial charge in [0, 0.05) is 16.8 Å². The van der Waals surface area contributed by atoms with Crippen LogP contribution >= 0.6 is 23.2 Å². The highest BCUT2D eigenvalue weighted by Crippen LogP contribution is 2.25. The Balaban J connectivity index is 3.24. The lowest BCUT2D eigenvalue weighted by atomic mass is 10.2. The average Bonchev–Trinajstić information content (AvgIpc) is 1.99. The Morgan fingerprint density at radius 1 is 1.40 bits per heavy atom. The lowest BCUT2D eigenvalue weighted by Crippen LogP contribution is -1.93. The fraction of sp³-hybridized carbons (Fsp3) is 0.111. The van der Waals surface area contributed by atoms with Crippen LogP contribution in [0.15, 0.2) is 23.6 Å². The van der Waals surface area contributed by atoms with Gasteiger partial charge >= 0.3 is 0 Å². The highest BCUT2D eigenvalue weighted by Gasteiger charge is 2.08. The summed E-state index contributed by atoms with van der Waals surface area (Å²) in [5, 5.41) is 10.8. The first kappa shape index (κ1) is 12.4. The molecule has 1 aromatic carbocycles. The van der Waals surface area contributed by atoms with Gasteiger partial charge in [0.05, 0.1) is 10.4 Å². The van der Waals surface area contributed by atoms with E-state index >= 15 is 0 Å². The zero-order valence-electron chi connectivity index (χ0n) is 7.74. The summed E-state index contributed by atoms with van der Waals surface area (Å²) in [7, 11) is -3.40. The molecule has 0 aromatic heterocycles. The van der Waals surface area contributed by atoms with E-state index in [2.05, 4.69) is 0 Å². The predicted octanol–water partition coefficient (Wildman–Crippen LogP) is 2.89. The fourth-order valence-corrected chi connectivity index (χ4v) is 2.00. The first-order chi connectivity index (χ1) is 6.79. The van der Waals surface area contributed by atoms with Crippen LogP contribution in [0, 0.1) is 0 Å². The highest BCUT2D eigenvalue weighted by molar-refractivity contribution is 7.93. The second-order valence-corrected chi connectivity index (χ2v) is 5.70. The summed E-state index contributed by atoms with van der Waals surface area (Å²) in [5.41, 5.74) is 0.228. The Morgan fingerprint density at radius 3 is 2.47 bits per heavy atom. The van der Waals surface area contributed by atoms with Crippen LogP contribution in [-0.4, -0.2) is 19.8 Å². The molecule has 15 heavy (non-hydrogen) atoms. The fourth-order valence-electron chi connectivity index (χ4n) is 0.963. The number of hydrogen-bond donors (Lipinski definition) is 1. The second-order valence-electron chi connectivity index (χ2n) is 2.96. The van der Waals surface area contributed by atoms with Crippen molar-refractivity contribution in [3.05, 3.63) is 39.2 Å². The number of aliphatic hydroxyl groups is 1. The lowest BCUT2D eigenvalue weighted by molar-refractivity contribution is 0.512. The molecule has 0 aliphatic heterocycles. The van der Waals surface area contributed by atoms with Crippen LogP contribution in [0.1, 0.15) is 5.56 Å². The van der Waals surface area contributed by atoms with Crippen LogP contribution in [0.25, 0.3) is 5.76 Å². The average molecular weight is 267 g/mol. The van der Waals surface area contributed by atoms with Crippen LogP contribution in [0.5, 0.6) is 0 Å². The molecular formula is C9H8Cl2O3S. The largest absolute Gasteiger partial charge is 0.507 e. The van der Waals surface area contributed by atoms with Gasteiger partial charge in [0.2, 0.25) is 0 Å². The van der Waals surface area contributed by atoms with Crippen LogP contribution in [0.3, 0.4) is 0 Å². The number of rotatable bonds is 2. The molecule has 3 nitrogen and oxygen atoms in total. The summed E-state index contributed by atoms with van der Waals surface area (Å²) in [6.07, 6.45) is 0.979. The van der Waals surface area contributed by atoms with E-state index in [1.54, 1.807) is 0 Å². The summed E-state index contributed by atoms with van der Waals surface area (Å²) in [6.45, 7) is 0. The van der Waals surface area contributed by atoms with Crippen LogP contribution in [0.2, 0.25) is 10.0 Å². The van der Waals surface area contributed by atoms with E-state index in [-0.39, 0.29) is 10.6 Å². The number of halogens is 2. The van der Waals surface area contributed by atoms with E-state index in [9.17, 15) is 13.5 Å². The van der Waals surface area contributed by atoms with Crippen molar-refractivity contribution in [1.29, 1.82) is 0 Å². The summed E-state index contributed by atoms with van der Waals surface area (Å²) < 4.78 is 21.8. The van der Waals surface area contributed by atoms with Gasteiger partial charge in [0.1, 0.15) is 5.76 Å². The molecule has 0 spiro atoms. The predicted molar refractivity (Wildman–Crippen MR) is 61.9 cm³/mol. The van der Waals surface area contributed by atoms with Crippen LogP contribution in [-0.2, 0) is 9.84 Å². The minimum Gasteiger partial charge on any atom is -0.507 e. The first-order valence-electron chi connectivity index (χ1n) is 3.86. The zero-order chi connectivity index (χ0) is 11.6. The Kier molecular flexibility index (Phi) is 3.65. The summed E-state index contributed by atoms with van der Waals surface area (Å²) in [4.78, 5) is 0. The molecule has 0 saturated carbocycles. The number of sulfone groups is 1. The van der Waals surface area contributed by atoms with Gasteiger partial charge in [0.25, 0.3) is 0 Å². The maximum absolute atomic E-state index is 10.9. The minimum atomic E-state index is -3.40. The molecule has 0 heterocycles. The third kappa shape index (κ3) is 3.74. The van der Waals surface area contributed by atoms with Crippen molar-refractivity contribution < 1.29 is 13.5 Å². The molecule has 0 unspecified atom stereocenters. The highest BCUT2D eigenvalue weighted by atomic mass is 35.5. The van der Waals surface area contributed by atoms with E-state index < -0.39 is 15.6 Å². The molecule has 0 aliphatic rings. The number of benzene rings is 1. The van der Waals surface area contributed by atoms with E-state index in [0.717, 1.165) is 11.7 Å². The molecule has 6 heteroatoms. The summed E-state index contributed by atoms with van der Waals surface area (Å²) >= 11 is 11.4. The molecule has 0 amide bonds. The van der Waals surface area contributed by atoms with Gasteiger partial charge in [-0.25, -0.2) is 8.42 Å². The van der Waals surface area contributed by atoms with Gasteiger partial charge < -0.3 is 5.11 Å². The Morgan fingerprint density at radius 2 is 2.00 bits per heavy atom. The lowest BCUT2D eigenvalue weighted by Gasteiger charge is -2.03. The molecule has 1 aromatic rings. The molecule has 82 valence electrons. The van der Waals surface area contributed by atoms with Crippen molar-refractivity contribution in [1.82, 2.24) is 0 Å². The first-order valence-corrected chi connectivity index (χ1v) is 6.57. The summed E-state index contributed by atoms with van der Waals surface area (Å²) in [6, 6.07) is 4.38. The minimum absolute atomic E-state index is 0.194. The molecule has 1 rings (SSSR count). The molecule has 1 N–H and O–H groups in total. The van der Waals surface area contributed by atoms with Crippen molar-refractivity contribution in [2.75, 3.05) is 6.26 Å². The van der Waals surface area contributed by atoms with Crippen LogP contribution < -0.4 is 0 Å². The third-order valence-electron chi connectivity index (χ3n) is 1.53. The molecule has 0 bridgehead atoms. The van der Waals surface area contributed by atoms with Gasteiger partial charge in [-0.3, -0.25) is 0 Å². The van der Waals surface area contributed by atoms with E-state index in [1.165, 1.54) is 18.2 Å². The number of hydrogen-bond acceptors (Lipinski definition) is 3. The van der Waals surface area contributed by atoms with Crippen molar-refractivity contribution >= 4 is 38.8 Å². The van der Waals surface area contributed by atoms with Crippen molar-refractivity contribution in [3.63, 3.8) is 0 Å². The normalized spacial score (nSPS) is 12.9. The summed E-state index contributed by atoms with van der Waals surface area (Å²) in [5.74, 6) is -0.404. The Bertz CT molecular complexity index is 506. The quantitative estimate of drug-likeness (QED) is 0.838. The van der Waals surface area contributed by atoms with E-state index in [1.807, 2.05) is 0 Å². The molecule has 0 fully saturated rings. The topological polar surface area (TPSA) is 54.4 Å². The monoisotopic (exact) mass is 266 g/mol. The smallest absolute Gasteiger partial charge is 0.172 e. The third-order valence-corrected chi connectivity index (χ3v) is 2.73. The molecule has 0 atom stereocenters. The van der Waals surface area contributed by atoms with Gasteiger partial charge in [-0.05, 0) is 18.2 Å². The van der Waals surface area contributed by atoms with Crippen molar-refractivity contribution in [2.24, 2.45) is 0 Å². The van der Waals surface area contributed by atoms with Gasteiger partial charge in [-0.2, -0.15) is 0 Å². The molecule has 0 aliphatic carbocycles. The second kappa shape index (κ2) is 4.43. The van der Waals surface area contributed by atoms with E-state index in [0.29, 0.717) is 5.02 Å². The SMILES string of the molecule is CS(=O)(=O)C=C(O)c1ccc(Cl)cc1Cl. The Labute approximate surface area is 97.9 Å². The van der Waals surface area contributed by atoms with Gasteiger partial charge in [0.15, 0.2) is 9.84 Å². The standard InChI is InChI=1S/C9H8Cl2O3S/c1-15(13,14)5-9(12)7-3-2-6(10)4-8(7)11/h2-5,12H,1H3. The maximum Gasteiger partial charge on any atom is 0.172 e. The van der Waals surface area contributed by atoms with Gasteiger partial charge in [-0.1, -0.05) is 23.2 Å². The van der Waals surface area contributed by atoms with Crippen molar-refractivity contribution in [3.8, 4) is 0 Å². The van der Waals surface area contributed by atoms with E-state index in [4.69, 9.17) is 23.2 Å². The van der Waals surface area contributed by atoms with Crippen molar-refractivity contribution in [2.45, 2.75) is 0 Å². The zero-order valence-corrected chi connectivity index (χ0v) is 10.1. The Hall–Kier alpha value is -0.710.